The van der Waals surface area contributed by atoms with Crippen molar-refractivity contribution >= 4 is 23.2 Å². The van der Waals surface area contributed by atoms with E-state index in [1.165, 1.54) is 29.4 Å². The first-order valence-electron chi connectivity index (χ1n) is 12.8. The molecule has 208 valence electrons. The summed E-state index contributed by atoms with van der Waals surface area (Å²) in [5.41, 5.74) is 1.59. The van der Waals surface area contributed by atoms with Gasteiger partial charge in [0.1, 0.15) is 36.7 Å². The fourth-order valence-corrected chi connectivity index (χ4v) is 4.60. The molecule has 2 aliphatic rings. The van der Waals surface area contributed by atoms with Gasteiger partial charge < -0.3 is 29.7 Å². The Morgan fingerprint density at radius 1 is 1.20 bits per heavy atom. The molecule has 0 unspecified atom stereocenters. The van der Waals surface area contributed by atoms with E-state index in [1.54, 1.807) is 12.1 Å². The van der Waals surface area contributed by atoms with Crippen molar-refractivity contribution in [2.75, 3.05) is 56.2 Å². The number of rotatable bonds is 7. The van der Waals surface area contributed by atoms with E-state index >= 15 is 0 Å². The number of alkyl halides is 1. The lowest BCUT2D eigenvalue weighted by molar-refractivity contribution is -0.138. The highest BCUT2D eigenvalue weighted by Gasteiger charge is 2.33. The average molecular weight is 552 g/mol. The number of aliphatic hydroxyl groups is 1. The summed E-state index contributed by atoms with van der Waals surface area (Å²) in [5, 5.41) is 21.6. The van der Waals surface area contributed by atoms with E-state index in [4.69, 9.17) is 14.6 Å². The van der Waals surface area contributed by atoms with Crippen molar-refractivity contribution in [3.63, 3.8) is 0 Å². The van der Waals surface area contributed by atoms with Crippen LogP contribution in [-0.4, -0.2) is 89.1 Å². The minimum absolute atomic E-state index is 0.117. The van der Waals surface area contributed by atoms with Crippen molar-refractivity contribution < 1.29 is 28.2 Å². The maximum absolute atomic E-state index is 14.9. The SMILES string of the molecule is N#Cc1cc(-c2ncnc(Nc3ccc(N4CCOCC4)cc3F)n2)ccc1O[C@H]1CCN(C(=O)CO)C[C@H]1F. The van der Waals surface area contributed by atoms with Gasteiger partial charge in [-0.3, -0.25) is 4.79 Å². The topological polar surface area (TPSA) is 137 Å². The molecule has 1 aromatic heterocycles. The van der Waals surface area contributed by atoms with E-state index in [9.17, 15) is 18.8 Å². The third-order valence-corrected chi connectivity index (χ3v) is 6.75. The second-order valence-electron chi connectivity index (χ2n) is 9.30. The van der Waals surface area contributed by atoms with Gasteiger partial charge >= 0.3 is 0 Å². The van der Waals surface area contributed by atoms with Crippen LogP contribution in [0.4, 0.5) is 26.1 Å². The Morgan fingerprint density at radius 3 is 2.75 bits per heavy atom. The number of aliphatic hydroxyl groups excluding tert-OH is 1. The number of aromatic nitrogens is 3. The minimum Gasteiger partial charge on any atom is -0.486 e. The Hall–Kier alpha value is -4.41. The summed E-state index contributed by atoms with van der Waals surface area (Å²) in [6.07, 6.45) is -0.836. The Kier molecular flexibility index (Phi) is 8.28. The van der Waals surface area contributed by atoms with Gasteiger partial charge in [0.25, 0.3) is 0 Å². The summed E-state index contributed by atoms with van der Waals surface area (Å²) >= 11 is 0. The van der Waals surface area contributed by atoms with E-state index in [1.807, 2.05) is 17.0 Å². The molecule has 0 spiro atoms. The number of piperidine rings is 1. The van der Waals surface area contributed by atoms with E-state index in [-0.39, 0.29) is 48.3 Å². The van der Waals surface area contributed by atoms with Crippen molar-refractivity contribution in [1.82, 2.24) is 19.9 Å². The van der Waals surface area contributed by atoms with Crippen LogP contribution in [0.15, 0.2) is 42.7 Å². The minimum atomic E-state index is -1.48. The number of nitriles is 1. The molecule has 2 saturated heterocycles. The van der Waals surface area contributed by atoms with Crippen LogP contribution in [0.1, 0.15) is 12.0 Å². The molecule has 2 N–H and O–H groups in total. The molecule has 0 saturated carbocycles. The van der Waals surface area contributed by atoms with Gasteiger partial charge in [-0.2, -0.15) is 10.2 Å². The molecule has 2 atom stereocenters. The Morgan fingerprint density at radius 2 is 2.02 bits per heavy atom. The number of morpholine rings is 1. The molecule has 40 heavy (non-hydrogen) atoms. The van der Waals surface area contributed by atoms with Crippen LogP contribution in [0.5, 0.6) is 5.75 Å². The molecule has 13 heteroatoms. The van der Waals surface area contributed by atoms with E-state index < -0.39 is 30.6 Å². The van der Waals surface area contributed by atoms with Crippen LogP contribution in [0.25, 0.3) is 11.4 Å². The molecule has 3 aromatic rings. The maximum Gasteiger partial charge on any atom is 0.248 e. The van der Waals surface area contributed by atoms with Crippen LogP contribution in [0.3, 0.4) is 0 Å². The number of hydrogen-bond acceptors (Lipinski definition) is 10. The number of hydrogen-bond donors (Lipinski definition) is 2. The largest absolute Gasteiger partial charge is 0.486 e. The molecule has 1 amide bonds. The Balaban J connectivity index is 1.28. The van der Waals surface area contributed by atoms with Crippen LogP contribution >= 0.6 is 0 Å². The molecule has 5 rings (SSSR count). The van der Waals surface area contributed by atoms with E-state index in [0.29, 0.717) is 31.9 Å². The highest BCUT2D eigenvalue weighted by atomic mass is 19.1. The van der Waals surface area contributed by atoms with Crippen molar-refractivity contribution in [3.8, 4) is 23.2 Å². The summed E-state index contributed by atoms with van der Waals surface area (Å²) in [4.78, 5) is 27.6. The van der Waals surface area contributed by atoms with Crippen molar-refractivity contribution in [2.45, 2.75) is 18.7 Å². The highest BCUT2D eigenvalue weighted by molar-refractivity contribution is 5.77. The molecule has 0 aliphatic carbocycles. The molecule has 0 bridgehead atoms. The van der Waals surface area contributed by atoms with Gasteiger partial charge in [0, 0.05) is 37.3 Å². The number of ether oxygens (including phenoxy) is 2. The Bertz CT molecular complexity index is 1410. The van der Waals surface area contributed by atoms with Crippen molar-refractivity contribution in [1.29, 1.82) is 5.26 Å². The fourth-order valence-electron chi connectivity index (χ4n) is 4.60. The van der Waals surface area contributed by atoms with Crippen LogP contribution in [0.2, 0.25) is 0 Å². The fraction of sp³-hybridized carbons (Fsp3) is 0.370. The molecular formula is C27H27F2N7O4. The molecular weight excluding hydrogens is 524 g/mol. The van der Waals surface area contributed by atoms with Crippen molar-refractivity contribution in [3.05, 3.63) is 54.1 Å². The third kappa shape index (κ3) is 6.08. The molecule has 0 radical (unpaired) electrons. The summed E-state index contributed by atoms with van der Waals surface area (Å²) in [6, 6.07) is 11.6. The lowest BCUT2D eigenvalue weighted by atomic mass is 10.0. The summed E-state index contributed by atoms with van der Waals surface area (Å²) in [5.74, 6) is -0.453. The first kappa shape index (κ1) is 27.2. The molecule has 11 nitrogen and oxygen atoms in total. The summed E-state index contributed by atoms with van der Waals surface area (Å²) in [7, 11) is 0. The number of nitrogens with one attached hydrogen (secondary N) is 1. The van der Waals surface area contributed by atoms with Gasteiger partial charge in [-0.15, -0.1) is 0 Å². The number of nitrogens with zero attached hydrogens (tertiary/aromatic N) is 6. The number of benzene rings is 2. The summed E-state index contributed by atoms with van der Waals surface area (Å²) < 4.78 is 40.7. The first-order chi connectivity index (χ1) is 19.4. The van der Waals surface area contributed by atoms with Gasteiger partial charge in [-0.25, -0.2) is 18.7 Å². The predicted molar refractivity (Wildman–Crippen MR) is 140 cm³/mol. The maximum atomic E-state index is 14.9. The number of carbonyl (C=O) groups excluding carboxylic acids is 1. The zero-order valence-electron chi connectivity index (χ0n) is 21.5. The van der Waals surface area contributed by atoms with Gasteiger partial charge in [-0.1, -0.05) is 0 Å². The highest BCUT2D eigenvalue weighted by Crippen LogP contribution is 2.29. The second kappa shape index (κ2) is 12.2. The van der Waals surface area contributed by atoms with Crippen LogP contribution in [-0.2, 0) is 9.53 Å². The number of carbonyl (C=O) groups is 1. The predicted octanol–water partition coefficient (Wildman–Crippen LogP) is 2.44. The number of likely N-dealkylation sites (tertiary alicyclic amines) is 1. The molecule has 2 fully saturated rings. The Labute approximate surface area is 229 Å². The zero-order valence-corrected chi connectivity index (χ0v) is 21.5. The number of amides is 1. The lowest BCUT2D eigenvalue weighted by Crippen LogP contribution is -2.50. The average Bonchev–Trinajstić information content (AvgIpc) is 2.99. The zero-order chi connectivity index (χ0) is 28.1. The first-order valence-corrected chi connectivity index (χ1v) is 12.8. The normalized spacial score (nSPS) is 19.1. The van der Waals surface area contributed by atoms with E-state index in [2.05, 4.69) is 20.3 Å². The van der Waals surface area contributed by atoms with Gasteiger partial charge in [0.2, 0.25) is 11.9 Å². The van der Waals surface area contributed by atoms with Gasteiger partial charge in [-0.05, 0) is 36.4 Å². The van der Waals surface area contributed by atoms with Crippen LogP contribution in [0, 0.1) is 17.1 Å². The van der Waals surface area contributed by atoms with Crippen molar-refractivity contribution in [2.24, 2.45) is 0 Å². The quantitative estimate of drug-likeness (QED) is 0.451. The third-order valence-electron chi connectivity index (χ3n) is 6.75. The van der Waals surface area contributed by atoms with Crippen LogP contribution < -0.4 is 15.0 Å². The second-order valence-corrected chi connectivity index (χ2v) is 9.30. The van der Waals surface area contributed by atoms with Gasteiger partial charge in [0.15, 0.2) is 12.0 Å². The number of halogens is 2. The molecule has 2 aliphatic heterocycles. The van der Waals surface area contributed by atoms with Gasteiger partial charge in [0.05, 0.1) is 31.0 Å². The molecule has 2 aromatic carbocycles. The lowest BCUT2D eigenvalue weighted by Gasteiger charge is -2.34. The molecule has 3 heterocycles. The number of anilines is 3. The summed E-state index contributed by atoms with van der Waals surface area (Å²) in [6.45, 7) is 1.94. The standard InChI is InChI=1S/C27H27F2N7O4/c28-20-12-19(35-7-9-39-10-8-35)2-3-22(20)33-27-32-16-31-26(34-27)17-1-4-23(18(11-17)13-30)40-24-5-6-36(14-21(24)29)25(38)15-37/h1-4,11-12,16,21,24,37H,5-10,14-15H2,(H,31,32,33,34)/t21-,24+/m1/s1. The smallest absolute Gasteiger partial charge is 0.248 e. The monoisotopic (exact) mass is 551 g/mol. The van der Waals surface area contributed by atoms with E-state index in [0.717, 1.165) is 5.69 Å².